The minimum absolute atomic E-state index is 0.103. The molecule has 190 valence electrons. The van der Waals surface area contributed by atoms with Gasteiger partial charge in [0.2, 0.25) is 11.8 Å². The fourth-order valence-corrected chi connectivity index (χ4v) is 4.63. The monoisotopic (exact) mass is 477 g/mol. The number of carboxylic acid groups (broad SMARTS) is 1. The van der Waals surface area contributed by atoms with Gasteiger partial charge in [-0.05, 0) is 77.2 Å². The molecule has 3 amide bonds. The van der Waals surface area contributed by atoms with Crippen molar-refractivity contribution in [3.8, 4) is 0 Å². The first-order valence-electron chi connectivity index (χ1n) is 12.5. The summed E-state index contributed by atoms with van der Waals surface area (Å²) in [7, 11) is 0. The minimum atomic E-state index is -0.856. The summed E-state index contributed by atoms with van der Waals surface area (Å²) in [6.45, 7) is 7.87. The summed E-state index contributed by atoms with van der Waals surface area (Å²) in [4.78, 5) is 52.3. The van der Waals surface area contributed by atoms with Gasteiger partial charge in [-0.25, -0.2) is 4.79 Å². The zero-order valence-electron chi connectivity index (χ0n) is 20.6. The SMILES string of the molecule is CC(C)(C)OC(=O)N1CCC(/C=C/C(=O)N2CCC[C@@H](C(=O)NCC(C(=O)O)C3CC3)C2)CC1. The number of hydrogen-bond donors (Lipinski definition) is 2. The van der Waals surface area contributed by atoms with Crippen molar-refractivity contribution >= 4 is 23.9 Å². The average molecular weight is 478 g/mol. The molecule has 0 radical (unpaired) electrons. The molecule has 3 aliphatic rings. The lowest BCUT2D eigenvalue weighted by Gasteiger charge is -2.33. The van der Waals surface area contributed by atoms with Crippen LogP contribution in [0.4, 0.5) is 4.79 Å². The molecule has 2 N–H and O–H groups in total. The van der Waals surface area contributed by atoms with E-state index >= 15 is 0 Å². The van der Waals surface area contributed by atoms with Crippen LogP contribution in [0.25, 0.3) is 0 Å². The van der Waals surface area contributed by atoms with Gasteiger partial charge in [-0.2, -0.15) is 0 Å². The van der Waals surface area contributed by atoms with E-state index in [1.807, 2.05) is 26.8 Å². The second-order valence-corrected chi connectivity index (χ2v) is 10.8. The van der Waals surface area contributed by atoms with Crippen LogP contribution in [0.2, 0.25) is 0 Å². The van der Waals surface area contributed by atoms with Crippen molar-refractivity contribution in [3.63, 3.8) is 0 Å². The molecule has 2 heterocycles. The standard InChI is InChI=1S/C25H39N3O6/c1-25(2,3)34-24(33)27-13-10-17(11-14-27)6-9-21(29)28-12-4-5-19(16-28)22(30)26-15-20(23(31)32)18-7-8-18/h6,9,17-20H,4-5,7-8,10-16H2,1-3H3,(H,26,30)(H,31,32)/b9-6+/t19-,20?/m1/s1. The van der Waals surface area contributed by atoms with E-state index in [9.17, 15) is 24.3 Å². The summed E-state index contributed by atoms with van der Waals surface area (Å²) in [5.41, 5.74) is -0.515. The molecule has 1 unspecified atom stereocenters. The Kier molecular flexibility index (Phi) is 8.60. The number of carboxylic acids is 1. The molecule has 2 saturated heterocycles. The Balaban J connectivity index is 1.42. The molecule has 1 aliphatic carbocycles. The fraction of sp³-hybridized carbons (Fsp3) is 0.760. The van der Waals surface area contributed by atoms with Gasteiger partial charge in [-0.15, -0.1) is 0 Å². The van der Waals surface area contributed by atoms with Gasteiger partial charge in [-0.3, -0.25) is 14.4 Å². The highest BCUT2D eigenvalue weighted by atomic mass is 16.6. The van der Waals surface area contributed by atoms with Crippen molar-refractivity contribution in [3.05, 3.63) is 12.2 Å². The van der Waals surface area contributed by atoms with Gasteiger partial charge >= 0.3 is 12.1 Å². The molecule has 0 bridgehead atoms. The Hall–Kier alpha value is -2.58. The van der Waals surface area contributed by atoms with Crippen molar-refractivity contribution in [2.24, 2.45) is 23.7 Å². The molecule has 3 fully saturated rings. The number of carbonyl (C=O) groups is 4. The molecule has 0 spiro atoms. The fourth-order valence-electron chi connectivity index (χ4n) is 4.63. The first-order chi connectivity index (χ1) is 16.0. The van der Waals surface area contributed by atoms with Crippen LogP contribution < -0.4 is 5.32 Å². The normalized spacial score (nSPS) is 23.0. The predicted molar refractivity (Wildman–Crippen MR) is 126 cm³/mol. The maximum Gasteiger partial charge on any atom is 0.410 e. The number of nitrogens with zero attached hydrogens (tertiary/aromatic N) is 2. The zero-order valence-corrected chi connectivity index (χ0v) is 20.6. The van der Waals surface area contributed by atoms with Gasteiger partial charge in [0, 0.05) is 32.7 Å². The largest absolute Gasteiger partial charge is 0.481 e. The lowest BCUT2D eigenvalue weighted by Crippen LogP contribution is -2.46. The highest BCUT2D eigenvalue weighted by molar-refractivity contribution is 5.88. The van der Waals surface area contributed by atoms with Crippen LogP contribution in [-0.4, -0.2) is 77.1 Å². The van der Waals surface area contributed by atoms with Gasteiger partial charge in [-0.1, -0.05) is 6.08 Å². The highest BCUT2D eigenvalue weighted by Crippen LogP contribution is 2.36. The predicted octanol–water partition coefficient (Wildman–Crippen LogP) is 2.66. The Labute approximate surface area is 201 Å². The number of ether oxygens (including phenoxy) is 1. The van der Waals surface area contributed by atoms with Gasteiger partial charge in [0.05, 0.1) is 11.8 Å². The molecule has 1 saturated carbocycles. The van der Waals surface area contributed by atoms with E-state index in [1.54, 1.807) is 15.9 Å². The third kappa shape index (κ3) is 7.74. The number of likely N-dealkylation sites (tertiary alicyclic amines) is 2. The second-order valence-electron chi connectivity index (χ2n) is 10.8. The molecule has 0 aromatic heterocycles. The van der Waals surface area contributed by atoms with Gasteiger partial charge in [0.1, 0.15) is 5.60 Å². The number of amides is 3. The summed E-state index contributed by atoms with van der Waals surface area (Å²) < 4.78 is 5.42. The van der Waals surface area contributed by atoms with E-state index in [1.165, 1.54) is 0 Å². The summed E-state index contributed by atoms with van der Waals surface area (Å²) >= 11 is 0. The number of aliphatic carboxylic acids is 1. The molecule has 34 heavy (non-hydrogen) atoms. The highest BCUT2D eigenvalue weighted by Gasteiger charge is 2.37. The van der Waals surface area contributed by atoms with E-state index in [-0.39, 0.29) is 42.2 Å². The number of allylic oxidation sites excluding steroid dienone is 1. The maximum atomic E-state index is 12.7. The van der Waals surface area contributed by atoms with Crippen LogP contribution in [0.15, 0.2) is 12.2 Å². The zero-order chi connectivity index (χ0) is 24.9. The van der Waals surface area contributed by atoms with Crippen molar-refractivity contribution in [1.29, 1.82) is 0 Å². The number of rotatable bonds is 7. The molecule has 9 nitrogen and oxygen atoms in total. The molecule has 3 rings (SSSR count). The Morgan fingerprint density at radius 3 is 2.29 bits per heavy atom. The smallest absolute Gasteiger partial charge is 0.410 e. The summed E-state index contributed by atoms with van der Waals surface area (Å²) in [6, 6.07) is 0. The van der Waals surface area contributed by atoms with E-state index in [0.29, 0.717) is 32.6 Å². The lowest BCUT2D eigenvalue weighted by molar-refractivity contribution is -0.142. The first-order valence-corrected chi connectivity index (χ1v) is 12.5. The Bertz CT molecular complexity index is 793. The first kappa shape index (κ1) is 26.0. The average Bonchev–Trinajstić information content (AvgIpc) is 3.61. The lowest BCUT2D eigenvalue weighted by atomic mass is 9.95. The van der Waals surface area contributed by atoms with Crippen LogP contribution in [0.3, 0.4) is 0 Å². The molecule has 2 atom stereocenters. The van der Waals surface area contributed by atoms with Gasteiger partial charge < -0.3 is 25.0 Å². The Morgan fingerprint density at radius 1 is 1.03 bits per heavy atom. The summed E-state index contributed by atoms with van der Waals surface area (Å²) in [6.07, 6.45) is 8.04. The number of piperidine rings is 2. The van der Waals surface area contributed by atoms with E-state index in [2.05, 4.69) is 5.32 Å². The van der Waals surface area contributed by atoms with E-state index < -0.39 is 17.5 Å². The van der Waals surface area contributed by atoms with Crippen molar-refractivity contribution in [2.75, 3.05) is 32.7 Å². The van der Waals surface area contributed by atoms with E-state index in [0.717, 1.165) is 32.1 Å². The Morgan fingerprint density at radius 2 is 1.71 bits per heavy atom. The third-order valence-corrected chi connectivity index (χ3v) is 6.81. The molecule has 0 aromatic carbocycles. The number of hydrogen-bond acceptors (Lipinski definition) is 5. The van der Waals surface area contributed by atoms with Crippen molar-refractivity contribution in [2.45, 2.75) is 64.9 Å². The third-order valence-electron chi connectivity index (χ3n) is 6.81. The summed E-state index contributed by atoms with van der Waals surface area (Å²) in [5, 5.41) is 12.1. The van der Waals surface area contributed by atoms with Crippen molar-refractivity contribution < 1.29 is 29.0 Å². The summed E-state index contributed by atoms with van der Waals surface area (Å²) in [5.74, 6) is -1.56. The van der Waals surface area contributed by atoms with Gasteiger partial charge in [0.25, 0.3) is 0 Å². The van der Waals surface area contributed by atoms with Crippen LogP contribution in [0.1, 0.15) is 59.3 Å². The number of carbonyl (C=O) groups excluding carboxylic acids is 3. The van der Waals surface area contributed by atoms with E-state index in [4.69, 9.17) is 4.74 Å². The molecule has 9 heteroatoms. The van der Waals surface area contributed by atoms with Crippen LogP contribution in [-0.2, 0) is 19.1 Å². The van der Waals surface area contributed by atoms with Crippen LogP contribution >= 0.6 is 0 Å². The topological polar surface area (TPSA) is 116 Å². The van der Waals surface area contributed by atoms with Crippen LogP contribution in [0, 0.1) is 23.7 Å². The molecular formula is C25H39N3O6. The molecule has 2 aliphatic heterocycles. The minimum Gasteiger partial charge on any atom is -0.481 e. The molecular weight excluding hydrogens is 438 g/mol. The number of nitrogens with one attached hydrogen (secondary N) is 1. The van der Waals surface area contributed by atoms with Crippen molar-refractivity contribution in [1.82, 2.24) is 15.1 Å². The van der Waals surface area contributed by atoms with Gasteiger partial charge in [0.15, 0.2) is 0 Å². The second kappa shape index (κ2) is 11.2. The van der Waals surface area contributed by atoms with Crippen LogP contribution in [0.5, 0.6) is 0 Å². The maximum absolute atomic E-state index is 12.7. The molecule has 0 aromatic rings. The quantitative estimate of drug-likeness (QED) is 0.545.